The molecular formula is C22H25ClN4OS. The SMILES string of the molecule is CCn1c(SCc2ccccc2Cl)nnc1[C@@H](NC(=O)c1ccccc1)C(C)C. The first-order valence-electron chi connectivity index (χ1n) is 9.66. The van der Waals surface area contributed by atoms with Crippen LogP contribution in [0.1, 0.15) is 48.6 Å². The Morgan fingerprint density at radius 1 is 1.10 bits per heavy atom. The number of halogens is 1. The summed E-state index contributed by atoms with van der Waals surface area (Å²) in [5.41, 5.74) is 1.69. The predicted molar refractivity (Wildman–Crippen MR) is 118 cm³/mol. The molecular weight excluding hydrogens is 404 g/mol. The van der Waals surface area contributed by atoms with Gasteiger partial charge in [-0.1, -0.05) is 73.6 Å². The van der Waals surface area contributed by atoms with Gasteiger partial charge in [-0.05, 0) is 36.6 Å². The van der Waals surface area contributed by atoms with E-state index in [2.05, 4.69) is 40.9 Å². The van der Waals surface area contributed by atoms with Crippen LogP contribution in [0.3, 0.4) is 0 Å². The van der Waals surface area contributed by atoms with E-state index in [-0.39, 0.29) is 17.9 Å². The van der Waals surface area contributed by atoms with Gasteiger partial charge in [-0.3, -0.25) is 4.79 Å². The minimum atomic E-state index is -0.232. The van der Waals surface area contributed by atoms with Crippen LogP contribution in [-0.2, 0) is 12.3 Å². The van der Waals surface area contributed by atoms with E-state index in [1.165, 1.54) is 0 Å². The Morgan fingerprint density at radius 2 is 1.79 bits per heavy atom. The molecule has 3 rings (SSSR count). The Labute approximate surface area is 180 Å². The van der Waals surface area contributed by atoms with Gasteiger partial charge in [0.2, 0.25) is 0 Å². The summed E-state index contributed by atoms with van der Waals surface area (Å²) in [6.07, 6.45) is 0. The summed E-state index contributed by atoms with van der Waals surface area (Å²) in [6.45, 7) is 6.92. The van der Waals surface area contributed by atoms with Crippen LogP contribution in [0.25, 0.3) is 0 Å². The zero-order chi connectivity index (χ0) is 20.8. The fourth-order valence-corrected chi connectivity index (χ4v) is 4.33. The van der Waals surface area contributed by atoms with Crippen LogP contribution in [0.5, 0.6) is 0 Å². The molecule has 1 atom stereocenters. The van der Waals surface area contributed by atoms with E-state index in [0.717, 1.165) is 28.1 Å². The van der Waals surface area contributed by atoms with Crippen molar-refractivity contribution in [3.8, 4) is 0 Å². The number of amides is 1. The summed E-state index contributed by atoms with van der Waals surface area (Å²) in [4.78, 5) is 12.7. The van der Waals surface area contributed by atoms with Gasteiger partial charge in [0.15, 0.2) is 11.0 Å². The molecule has 0 aliphatic carbocycles. The predicted octanol–water partition coefficient (Wildman–Crippen LogP) is 5.37. The number of carbonyl (C=O) groups is 1. The highest BCUT2D eigenvalue weighted by atomic mass is 35.5. The van der Waals surface area contributed by atoms with Crippen molar-refractivity contribution in [1.29, 1.82) is 0 Å². The highest BCUT2D eigenvalue weighted by Crippen LogP contribution is 2.29. The van der Waals surface area contributed by atoms with Crippen molar-refractivity contribution < 1.29 is 4.79 Å². The first-order valence-corrected chi connectivity index (χ1v) is 11.0. The molecule has 0 radical (unpaired) electrons. The molecule has 0 saturated carbocycles. The Balaban J connectivity index is 1.80. The van der Waals surface area contributed by atoms with E-state index in [4.69, 9.17) is 11.6 Å². The van der Waals surface area contributed by atoms with E-state index >= 15 is 0 Å². The largest absolute Gasteiger partial charge is 0.342 e. The van der Waals surface area contributed by atoms with Crippen molar-refractivity contribution in [2.75, 3.05) is 0 Å². The number of rotatable bonds is 8. The molecule has 1 N–H and O–H groups in total. The summed E-state index contributed by atoms with van der Waals surface area (Å²) in [7, 11) is 0. The summed E-state index contributed by atoms with van der Waals surface area (Å²) in [5, 5.41) is 13.5. The third-order valence-corrected chi connectivity index (χ3v) is 6.03. The Kier molecular flexibility index (Phi) is 7.34. The average Bonchev–Trinajstić information content (AvgIpc) is 3.14. The van der Waals surface area contributed by atoms with Gasteiger partial charge in [0.1, 0.15) is 0 Å². The van der Waals surface area contributed by atoms with Crippen molar-refractivity contribution in [2.45, 2.75) is 44.3 Å². The monoisotopic (exact) mass is 428 g/mol. The minimum Gasteiger partial charge on any atom is -0.342 e. The topological polar surface area (TPSA) is 59.8 Å². The highest BCUT2D eigenvalue weighted by molar-refractivity contribution is 7.98. The smallest absolute Gasteiger partial charge is 0.251 e. The van der Waals surface area contributed by atoms with Gasteiger partial charge in [-0.2, -0.15) is 0 Å². The zero-order valence-corrected chi connectivity index (χ0v) is 18.4. The number of benzene rings is 2. The van der Waals surface area contributed by atoms with Crippen LogP contribution < -0.4 is 5.32 Å². The maximum Gasteiger partial charge on any atom is 0.251 e. The first-order chi connectivity index (χ1) is 14.0. The Hall–Kier alpha value is -2.31. The van der Waals surface area contributed by atoms with Gasteiger partial charge in [0.05, 0.1) is 6.04 Å². The van der Waals surface area contributed by atoms with E-state index < -0.39 is 0 Å². The van der Waals surface area contributed by atoms with Crippen LogP contribution in [0.2, 0.25) is 5.02 Å². The third kappa shape index (κ3) is 5.19. The second-order valence-corrected chi connectivity index (χ2v) is 8.38. The molecule has 0 spiro atoms. The summed E-state index contributed by atoms with van der Waals surface area (Å²) < 4.78 is 2.07. The maximum atomic E-state index is 12.7. The fourth-order valence-electron chi connectivity index (χ4n) is 3.04. The molecule has 1 heterocycles. The summed E-state index contributed by atoms with van der Waals surface area (Å²) >= 11 is 7.87. The lowest BCUT2D eigenvalue weighted by Crippen LogP contribution is -2.33. The van der Waals surface area contributed by atoms with Crippen molar-refractivity contribution >= 4 is 29.3 Å². The number of carbonyl (C=O) groups excluding carboxylic acids is 1. The summed E-state index contributed by atoms with van der Waals surface area (Å²) in [6, 6.07) is 16.8. The number of hydrogen-bond donors (Lipinski definition) is 1. The van der Waals surface area contributed by atoms with Crippen molar-refractivity contribution in [3.63, 3.8) is 0 Å². The van der Waals surface area contributed by atoms with Crippen LogP contribution in [-0.4, -0.2) is 20.7 Å². The van der Waals surface area contributed by atoms with E-state index in [0.29, 0.717) is 11.3 Å². The second kappa shape index (κ2) is 9.94. The maximum absolute atomic E-state index is 12.7. The third-order valence-electron chi connectivity index (χ3n) is 4.64. The van der Waals surface area contributed by atoms with Crippen molar-refractivity contribution in [2.24, 2.45) is 5.92 Å². The van der Waals surface area contributed by atoms with Crippen molar-refractivity contribution in [3.05, 3.63) is 76.6 Å². The highest BCUT2D eigenvalue weighted by Gasteiger charge is 2.26. The van der Waals surface area contributed by atoms with E-state index in [1.807, 2.05) is 54.6 Å². The van der Waals surface area contributed by atoms with Gasteiger partial charge in [-0.15, -0.1) is 10.2 Å². The molecule has 2 aromatic carbocycles. The molecule has 1 aromatic heterocycles. The number of nitrogens with one attached hydrogen (secondary N) is 1. The molecule has 7 heteroatoms. The number of nitrogens with zero attached hydrogens (tertiary/aromatic N) is 3. The Morgan fingerprint density at radius 3 is 2.45 bits per heavy atom. The first kappa shape index (κ1) is 21.4. The molecule has 0 aliphatic heterocycles. The lowest BCUT2D eigenvalue weighted by atomic mass is 10.0. The molecule has 0 unspecified atom stereocenters. The molecule has 29 heavy (non-hydrogen) atoms. The molecule has 0 aliphatic rings. The average molecular weight is 429 g/mol. The molecule has 5 nitrogen and oxygen atoms in total. The molecule has 0 saturated heterocycles. The number of thioether (sulfide) groups is 1. The Bertz CT molecular complexity index is 958. The van der Waals surface area contributed by atoms with Crippen LogP contribution in [0, 0.1) is 5.92 Å². The number of hydrogen-bond acceptors (Lipinski definition) is 4. The van der Waals surface area contributed by atoms with Gasteiger partial charge >= 0.3 is 0 Å². The normalized spacial score (nSPS) is 12.2. The zero-order valence-electron chi connectivity index (χ0n) is 16.8. The lowest BCUT2D eigenvalue weighted by molar-refractivity contribution is 0.0922. The van der Waals surface area contributed by atoms with E-state index in [9.17, 15) is 4.79 Å². The quantitative estimate of drug-likeness (QED) is 0.490. The minimum absolute atomic E-state index is 0.111. The fraction of sp³-hybridized carbons (Fsp3) is 0.318. The van der Waals surface area contributed by atoms with Crippen LogP contribution in [0.15, 0.2) is 59.8 Å². The van der Waals surface area contributed by atoms with Crippen LogP contribution in [0.4, 0.5) is 0 Å². The standard InChI is InChI=1S/C22H25ClN4OS/c1-4-27-20(19(15(2)3)24-21(28)16-10-6-5-7-11-16)25-26-22(27)29-14-17-12-8-9-13-18(17)23/h5-13,15,19H,4,14H2,1-3H3,(H,24,28)/t19-/m0/s1. The number of aromatic nitrogens is 3. The van der Waals surface area contributed by atoms with Gasteiger partial charge in [-0.25, -0.2) is 0 Å². The summed E-state index contributed by atoms with van der Waals surface area (Å²) in [5.74, 6) is 1.54. The molecule has 152 valence electrons. The molecule has 1 amide bonds. The van der Waals surface area contributed by atoms with E-state index in [1.54, 1.807) is 11.8 Å². The lowest BCUT2D eigenvalue weighted by Gasteiger charge is -2.22. The second-order valence-electron chi connectivity index (χ2n) is 7.03. The van der Waals surface area contributed by atoms with Crippen molar-refractivity contribution in [1.82, 2.24) is 20.1 Å². The van der Waals surface area contributed by atoms with Crippen LogP contribution >= 0.6 is 23.4 Å². The molecule has 3 aromatic rings. The molecule has 0 fully saturated rings. The molecule has 0 bridgehead atoms. The van der Waals surface area contributed by atoms with Gasteiger partial charge in [0, 0.05) is 22.9 Å². The van der Waals surface area contributed by atoms with Gasteiger partial charge < -0.3 is 9.88 Å². The van der Waals surface area contributed by atoms with Gasteiger partial charge in [0.25, 0.3) is 5.91 Å².